The average Bonchev–Trinajstić information content (AvgIpc) is 2.85. The minimum atomic E-state index is -0.705. The van der Waals surface area contributed by atoms with Crippen molar-refractivity contribution in [3.63, 3.8) is 0 Å². The van der Waals surface area contributed by atoms with Crippen LogP contribution in [0.3, 0.4) is 0 Å². The zero-order valence-electron chi connectivity index (χ0n) is 10.2. The quantitative estimate of drug-likeness (QED) is 0.896. The van der Waals surface area contributed by atoms with Gasteiger partial charge in [0, 0.05) is 11.4 Å². The summed E-state index contributed by atoms with van der Waals surface area (Å²) in [5.74, 6) is -0.705. The van der Waals surface area contributed by atoms with Crippen LogP contribution < -0.4 is 0 Å². The standard InChI is InChI=1S/C12H18N2O2S/c1-8(11-7-17-9(2)13-11)14-5-3-4-10(14)6-12(15)16/h7-8,10H,3-6H2,1-2H3,(H,15,16). The molecule has 1 aliphatic rings. The first-order chi connectivity index (χ1) is 8.08. The summed E-state index contributed by atoms with van der Waals surface area (Å²) in [6.07, 6.45) is 2.32. The van der Waals surface area contributed by atoms with Gasteiger partial charge in [0.2, 0.25) is 0 Å². The number of likely N-dealkylation sites (tertiary alicyclic amines) is 1. The van der Waals surface area contributed by atoms with Gasteiger partial charge in [-0.2, -0.15) is 0 Å². The molecule has 2 atom stereocenters. The second kappa shape index (κ2) is 5.14. The van der Waals surface area contributed by atoms with Gasteiger partial charge >= 0.3 is 5.97 Å². The average molecular weight is 254 g/mol. The number of hydrogen-bond acceptors (Lipinski definition) is 4. The largest absolute Gasteiger partial charge is 0.481 e. The molecule has 0 aliphatic carbocycles. The molecular weight excluding hydrogens is 236 g/mol. The fourth-order valence-corrected chi connectivity index (χ4v) is 3.23. The predicted molar refractivity (Wildman–Crippen MR) is 67.2 cm³/mol. The van der Waals surface area contributed by atoms with Gasteiger partial charge < -0.3 is 5.11 Å². The van der Waals surface area contributed by atoms with Crippen molar-refractivity contribution in [1.82, 2.24) is 9.88 Å². The van der Waals surface area contributed by atoms with E-state index in [0.29, 0.717) is 0 Å². The summed E-state index contributed by atoms with van der Waals surface area (Å²) in [7, 11) is 0. The van der Waals surface area contributed by atoms with Gasteiger partial charge in [-0.05, 0) is 33.2 Å². The van der Waals surface area contributed by atoms with Crippen molar-refractivity contribution < 1.29 is 9.90 Å². The van der Waals surface area contributed by atoms with E-state index in [4.69, 9.17) is 5.11 Å². The Hall–Kier alpha value is -0.940. The first-order valence-corrected chi connectivity index (χ1v) is 6.85. The molecule has 0 bridgehead atoms. The lowest BCUT2D eigenvalue weighted by molar-refractivity contribution is -0.138. The van der Waals surface area contributed by atoms with Gasteiger partial charge in [-0.1, -0.05) is 0 Å². The number of carboxylic acid groups (broad SMARTS) is 1. The molecule has 1 aromatic heterocycles. The third kappa shape index (κ3) is 2.84. The second-order valence-corrected chi connectivity index (χ2v) is 5.66. The van der Waals surface area contributed by atoms with Gasteiger partial charge in [-0.25, -0.2) is 4.98 Å². The highest BCUT2D eigenvalue weighted by atomic mass is 32.1. The molecule has 0 spiro atoms. The van der Waals surface area contributed by atoms with Crippen LogP contribution in [0.4, 0.5) is 0 Å². The Balaban J connectivity index is 2.07. The number of thiazole rings is 1. The maximum atomic E-state index is 10.8. The van der Waals surface area contributed by atoms with Gasteiger partial charge in [0.05, 0.1) is 23.2 Å². The van der Waals surface area contributed by atoms with Crippen molar-refractivity contribution in [2.75, 3.05) is 6.54 Å². The Bertz CT molecular complexity index is 405. The van der Waals surface area contributed by atoms with Crippen LogP contribution in [0.5, 0.6) is 0 Å². The van der Waals surface area contributed by atoms with Crippen molar-refractivity contribution >= 4 is 17.3 Å². The van der Waals surface area contributed by atoms with Gasteiger partial charge in [-0.3, -0.25) is 9.69 Å². The first-order valence-electron chi connectivity index (χ1n) is 5.97. The molecule has 1 N–H and O–H groups in total. The minimum absolute atomic E-state index is 0.171. The monoisotopic (exact) mass is 254 g/mol. The van der Waals surface area contributed by atoms with E-state index in [1.54, 1.807) is 11.3 Å². The number of rotatable bonds is 4. The molecular formula is C12H18N2O2S. The third-order valence-corrected chi connectivity index (χ3v) is 4.19. The van der Waals surface area contributed by atoms with Crippen molar-refractivity contribution in [1.29, 1.82) is 0 Å². The van der Waals surface area contributed by atoms with Crippen LogP contribution in [0.25, 0.3) is 0 Å². The number of aryl methyl sites for hydroxylation is 1. The second-order valence-electron chi connectivity index (χ2n) is 4.60. The summed E-state index contributed by atoms with van der Waals surface area (Å²) in [4.78, 5) is 17.6. The highest BCUT2D eigenvalue weighted by Gasteiger charge is 2.31. The molecule has 0 radical (unpaired) electrons. The number of carbonyl (C=O) groups is 1. The Kier molecular flexibility index (Phi) is 3.79. The van der Waals surface area contributed by atoms with Crippen molar-refractivity contribution in [3.05, 3.63) is 16.1 Å². The molecule has 0 amide bonds. The van der Waals surface area contributed by atoms with Crippen molar-refractivity contribution in [2.45, 2.75) is 45.2 Å². The fraction of sp³-hybridized carbons (Fsp3) is 0.667. The molecule has 2 rings (SSSR count). The Morgan fingerprint density at radius 1 is 1.76 bits per heavy atom. The molecule has 0 saturated carbocycles. The molecule has 1 aromatic rings. The minimum Gasteiger partial charge on any atom is -0.481 e. The number of aliphatic carboxylic acids is 1. The van der Waals surface area contributed by atoms with Crippen LogP contribution in [0.15, 0.2) is 5.38 Å². The van der Waals surface area contributed by atoms with E-state index >= 15 is 0 Å². The smallest absolute Gasteiger partial charge is 0.304 e. The van der Waals surface area contributed by atoms with Gasteiger partial charge in [0.25, 0.3) is 0 Å². The molecule has 1 aliphatic heterocycles. The van der Waals surface area contributed by atoms with Gasteiger partial charge in [-0.15, -0.1) is 11.3 Å². The van der Waals surface area contributed by atoms with E-state index < -0.39 is 5.97 Å². The Morgan fingerprint density at radius 2 is 2.53 bits per heavy atom. The molecule has 17 heavy (non-hydrogen) atoms. The summed E-state index contributed by atoms with van der Waals surface area (Å²) < 4.78 is 0. The maximum Gasteiger partial charge on any atom is 0.304 e. The highest BCUT2D eigenvalue weighted by Crippen LogP contribution is 2.31. The fourth-order valence-electron chi connectivity index (χ4n) is 2.53. The van der Waals surface area contributed by atoms with Crippen molar-refractivity contribution in [2.24, 2.45) is 0 Å². The lowest BCUT2D eigenvalue weighted by atomic mass is 10.1. The molecule has 0 aromatic carbocycles. The van der Waals surface area contributed by atoms with Crippen LogP contribution in [0.1, 0.15) is 42.9 Å². The molecule has 1 fully saturated rings. The van der Waals surface area contributed by atoms with E-state index in [0.717, 1.165) is 30.1 Å². The number of nitrogens with zero attached hydrogens (tertiary/aromatic N) is 2. The molecule has 2 heterocycles. The highest BCUT2D eigenvalue weighted by molar-refractivity contribution is 7.09. The van der Waals surface area contributed by atoms with E-state index in [1.165, 1.54) is 0 Å². The number of hydrogen-bond donors (Lipinski definition) is 1. The van der Waals surface area contributed by atoms with Crippen LogP contribution >= 0.6 is 11.3 Å². The predicted octanol–water partition coefficient (Wildman–Crippen LogP) is 2.45. The lowest BCUT2D eigenvalue weighted by Crippen LogP contribution is -2.33. The molecule has 94 valence electrons. The number of aromatic nitrogens is 1. The van der Waals surface area contributed by atoms with Gasteiger partial charge in [0.1, 0.15) is 0 Å². The topological polar surface area (TPSA) is 53.4 Å². The van der Waals surface area contributed by atoms with E-state index in [2.05, 4.69) is 22.2 Å². The zero-order chi connectivity index (χ0) is 12.4. The molecule has 4 nitrogen and oxygen atoms in total. The summed E-state index contributed by atoms with van der Waals surface area (Å²) in [6, 6.07) is 0.399. The zero-order valence-corrected chi connectivity index (χ0v) is 11.0. The van der Waals surface area contributed by atoms with Crippen LogP contribution in [-0.4, -0.2) is 33.5 Å². The Morgan fingerprint density at radius 3 is 3.12 bits per heavy atom. The molecule has 2 unspecified atom stereocenters. The number of carboxylic acids is 1. The summed E-state index contributed by atoms with van der Waals surface area (Å²) >= 11 is 1.65. The summed E-state index contributed by atoms with van der Waals surface area (Å²) in [6.45, 7) is 5.10. The van der Waals surface area contributed by atoms with Crippen LogP contribution in [-0.2, 0) is 4.79 Å². The SMILES string of the molecule is Cc1nc(C(C)N2CCCC2CC(=O)O)cs1. The van der Waals surface area contributed by atoms with Gasteiger partial charge in [0.15, 0.2) is 0 Å². The molecule has 5 heteroatoms. The van der Waals surface area contributed by atoms with E-state index in [1.807, 2.05) is 6.92 Å². The maximum absolute atomic E-state index is 10.8. The van der Waals surface area contributed by atoms with Crippen LogP contribution in [0, 0.1) is 6.92 Å². The first kappa shape index (κ1) is 12.5. The van der Waals surface area contributed by atoms with Crippen molar-refractivity contribution in [3.8, 4) is 0 Å². The van der Waals surface area contributed by atoms with E-state index in [9.17, 15) is 4.79 Å². The lowest BCUT2D eigenvalue weighted by Gasteiger charge is -2.28. The van der Waals surface area contributed by atoms with E-state index in [-0.39, 0.29) is 18.5 Å². The van der Waals surface area contributed by atoms with Crippen LogP contribution in [0.2, 0.25) is 0 Å². The summed E-state index contributed by atoms with van der Waals surface area (Å²) in [5.41, 5.74) is 1.07. The normalized spacial score (nSPS) is 22.8. The molecule has 1 saturated heterocycles. The summed E-state index contributed by atoms with van der Waals surface area (Å²) in [5, 5.41) is 12.1. The Labute approximate surface area is 105 Å². The third-order valence-electron chi connectivity index (χ3n) is 3.40.